The normalized spacial score (nSPS) is 12.4. The Morgan fingerprint density at radius 1 is 1.33 bits per heavy atom. The summed E-state index contributed by atoms with van der Waals surface area (Å²) < 4.78 is 13.5. The van der Waals surface area contributed by atoms with Crippen LogP contribution < -0.4 is 11.5 Å². The molecule has 0 aliphatic rings. The highest BCUT2D eigenvalue weighted by molar-refractivity contribution is 6.30. The molecule has 0 aliphatic heterocycles. The molecule has 0 amide bonds. The quantitative estimate of drug-likeness (QED) is 0.878. The van der Waals surface area contributed by atoms with Crippen LogP contribution in [0.4, 0.5) is 10.2 Å². The lowest BCUT2D eigenvalue weighted by Crippen LogP contribution is -2.15. The number of benzene rings is 1. The van der Waals surface area contributed by atoms with Gasteiger partial charge in [0, 0.05) is 11.8 Å². The number of hydrogen-bond donors (Lipinski definition) is 2. The third-order valence-corrected chi connectivity index (χ3v) is 3.01. The van der Waals surface area contributed by atoms with Gasteiger partial charge in [-0.2, -0.15) is 0 Å². The maximum Gasteiger partial charge on any atom is 0.128 e. The van der Waals surface area contributed by atoms with Crippen molar-refractivity contribution < 1.29 is 4.39 Å². The van der Waals surface area contributed by atoms with Crippen molar-refractivity contribution in [3.05, 3.63) is 58.0 Å². The fourth-order valence-corrected chi connectivity index (χ4v) is 1.86. The maximum absolute atomic E-state index is 13.5. The van der Waals surface area contributed by atoms with Crippen LogP contribution in [0.1, 0.15) is 22.7 Å². The molecule has 0 radical (unpaired) electrons. The topological polar surface area (TPSA) is 64.9 Å². The molecule has 4 N–H and O–H groups in total. The zero-order chi connectivity index (χ0) is 13.3. The predicted molar refractivity (Wildman–Crippen MR) is 70.8 cm³/mol. The molecule has 0 bridgehead atoms. The summed E-state index contributed by atoms with van der Waals surface area (Å²) in [4.78, 5) is 3.94. The van der Waals surface area contributed by atoms with E-state index in [1.807, 2.05) is 0 Å². The van der Waals surface area contributed by atoms with Gasteiger partial charge in [-0.05, 0) is 30.2 Å². The van der Waals surface area contributed by atoms with Crippen LogP contribution in [0.15, 0.2) is 30.5 Å². The van der Waals surface area contributed by atoms with Gasteiger partial charge >= 0.3 is 0 Å². The van der Waals surface area contributed by atoms with Crippen molar-refractivity contribution in [2.24, 2.45) is 5.73 Å². The minimum Gasteiger partial charge on any atom is -0.383 e. The zero-order valence-corrected chi connectivity index (χ0v) is 10.6. The molecule has 3 nitrogen and oxygen atoms in total. The second-order valence-electron chi connectivity index (χ2n) is 4.11. The zero-order valence-electron chi connectivity index (χ0n) is 9.82. The Bertz CT molecular complexity index is 586. The molecule has 5 heteroatoms. The number of halogens is 2. The van der Waals surface area contributed by atoms with E-state index in [-0.39, 0.29) is 5.82 Å². The average Bonchev–Trinajstić information content (AvgIpc) is 2.35. The average molecular weight is 266 g/mol. The number of nitrogens with zero attached hydrogens (tertiary/aromatic N) is 1. The summed E-state index contributed by atoms with van der Waals surface area (Å²) in [6.07, 6.45) is 1.45. The van der Waals surface area contributed by atoms with Crippen LogP contribution in [0.25, 0.3) is 0 Å². The van der Waals surface area contributed by atoms with Crippen LogP contribution in [0.5, 0.6) is 0 Å². The number of nitrogen functional groups attached to an aromatic ring is 1. The Morgan fingerprint density at radius 2 is 2.06 bits per heavy atom. The molecular formula is C13H13ClFN3. The van der Waals surface area contributed by atoms with E-state index < -0.39 is 6.04 Å². The molecule has 1 aromatic carbocycles. The molecule has 0 saturated heterocycles. The van der Waals surface area contributed by atoms with Gasteiger partial charge < -0.3 is 11.5 Å². The van der Waals surface area contributed by atoms with Gasteiger partial charge in [0.2, 0.25) is 0 Å². The first-order valence-corrected chi connectivity index (χ1v) is 5.79. The van der Waals surface area contributed by atoms with Gasteiger partial charge in [0.05, 0.1) is 11.1 Å². The molecule has 94 valence electrons. The molecule has 2 rings (SSSR count). The molecule has 1 aromatic heterocycles. The molecule has 1 heterocycles. The maximum atomic E-state index is 13.5. The van der Waals surface area contributed by atoms with Crippen molar-refractivity contribution in [1.29, 1.82) is 0 Å². The van der Waals surface area contributed by atoms with Gasteiger partial charge in [0.25, 0.3) is 0 Å². The van der Waals surface area contributed by atoms with Crippen molar-refractivity contribution in [3.8, 4) is 0 Å². The number of aromatic nitrogens is 1. The highest BCUT2D eigenvalue weighted by Gasteiger charge is 2.14. The fourth-order valence-electron chi connectivity index (χ4n) is 1.70. The molecule has 2 aromatic rings. The largest absolute Gasteiger partial charge is 0.383 e. The third-order valence-electron chi connectivity index (χ3n) is 2.81. The summed E-state index contributed by atoms with van der Waals surface area (Å²) in [6, 6.07) is 5.95. The first kappa shape index (κ1) is 12.8. The van der Waals surface area contributed by atoms with E-state index in [9.17, 15) is 4.39 Å². The van der Waals surface area contributed by atoms with E-state index in [2.05, 4.69) is 4.98 Å². The van der Waals surface area contributed by atoms with Crippen LogP contribution in [0.3, 0.4) is 0 Å². The minimum absolute atomic E-state index is 0.295. The molecule has 1 unspecified atom stereocenters. The summed E-state index contributed by atoms with van der Waals surface area (Å²) >= 11 is 5.86. The molecule has 0 saturated carbocycles. The highest BCUT2D eigenvalue weighted by Crippen LogP contribution is 2.26. The van der Waals surface area contributed by atoms with Crippen molar-refractivity contribution in [3.63, 3.8) is 0 Å². The van der Waals surface area contributed by atoms with E-state index in [0.717, 1.165) is 0 Å². The first-order valence-electron chi connectivity index (χ1n) is 5.41. The lowest BCUT2D eigenvalue weighted by Gasteiger charge is -2.15. The Balaban J connectivity index is 2.44. The fraction of sp³-hybridized carbons (Fsp3) is 0.154. The van der Waals surface area contributed by atoms with Crippen molar-refractivity contribution in [2.75, 3.05) is 5.73 Å². The Labute approximate surface area is 110 Å². The van der Waals surface area contributed by atoms with E-state index >= 15 is 0 Å². The van der Waals surface area contributed by atoms with E-state index in [1.165, 1.54) is 12.3 Å². The van der Waals surface area contributed by atoms with E-state index in [0.29, 0.717) is 27.5 Å². The monoisotopic (exact) mass is 265 g/mol. The number of rotatable bonds is 2. The van der Waals surface area contributed by atoms with Crippen LogP contribution in [-0.4, -0.2) is 4.98 Å². The number of aryl methyl sites for hydroxylation is 1. The molecule has 18 heavy (non-hydrogen) atoms. The first-order chi connectivity index (χ1) is 8.49. The van der Waals surface area contributed by atoms with Gasteiger partial charge in [-0.25, -0.2) is 9.37 Å². The summed E-state index contributed by atoms with van der Waals surface area (Å²) in [5.41, 5.74) is 13.6. The van der Waals surface area contributed by atoms with Gasteiger partial charge in [-0.1, -0.05) is 23.7 Å². The minimum atomic E-state index is -0.550. The third kappa shape index (κ3) is 2.44. The lowest BCUT2D eigenvalue weighted by molar-refractivity contribution is 0.614. The summed E-state index contributed by atoms with van der Waals surface area (Å²) in [6.45, 7) is 1.69. The number of pyridine rings is 1. The summed E-state index contributed by atoms with van der Waals surface area (Å²) in [5.74, 6) is 0.00407. The molecule has 0 spiro atoms. The summed E-state index contributed by atoms with van der Waals surface area (Å²) in [7, 11) is 0. The van der Waals surface area contributed by atoms with Gasteiger partial charge in [-0.15, -0.1) is 0 Å². The molecule has 1 atom stereocenters. The van der Waals surface area contributed by atoms with Gasteiger partial charge in [-0.3, -0.25) is 0 Å². The van der Waals surface area contributed by atoms with Crippen LogP contribution in [0.2, 0.25) is 5.02 Å². The Hall–Kier alpha value is -1.65. The summed E-state index contributed by atoms with van der Waals surface area (Å²) in [5, 5.41) is 0.447. The Morgan fingerprint density at radius 3 is 2.72 bits per heavy atom. The number of hydrogen-bond acceptors (Lipinski definition) is 3. The molecule has 0 aliphatic carbocycles. The van der Waals surface area contributed by atoms with Gasteiger partial charge in [0.15, 0.2) is 0 Å². The van der Waals surface area contributed by atoms with Crippen molar-refractivity contribution in [1.82, 2.24) is 4.98 Å². The van der Waals surface area contributed by atoms with Crippen LogP contribution >= 0.6 is 11.6 Å². The second kappa shape index (κ2) is 4.92. The molecule has 0 fully saturated rings. The van der Waals surface area contributed by atoms with Crippen LogP contribution in [0, 0.1) is 12.7 Å². The van der Waals surface area contributed by atoms with Crippen LogP contribution in [-0.2, 0) is 0 Å². The SMILES string of the molecule is Cc1ccc(C(N)c2cc(Cl)cnc2N)cc1F. The highest BCUT2D eigenvalue weighted by atomic mass is 35.5. The molecular weight excluding hydrogens is 253 g/mol. The van der Waals surface area contributed by atoms with E-state index in [4.69, 9.17) is 23.1 Å². The Kier molecular flexibility index (Phi) is 3.50. The van der Waals surface area contributed by atoms with Crippen molar-refractivity contribution >= 4 is 17.4 Å². The number of anilines is 1. The standard InChI is InChI=1S/C13H13ClFN3/c1-7-2-3-8(4-11(7)15)12(16)10-5-9(14)6-18-13(10)17/h2-6,12H,16H2,1H3,(H2,17,18). The van der Waals surface area contributed by atoms with Gasteiger partial charge in [0.1, 0.15) is 11.6 Å². The predicted octanol–water partition coefficient (Wildman–Crippen LogP) is 2.81. The second-order valence-corrected chi connectivity index (χ2v) is 4.55. The lowest BCUT2D eigenvalue weighted by atomic mass is 9.99. The number of nitrogens with two attached hydrogens (primary N) is 2. The van der Waals surface area contributed by atoms with E-state index in [1.54, 1.807) is 25.1 Å². The van der Waals surface area contributed by atoms with Crippen molar-refractivity contribution in [2.45, 2.75) is 13.0 Å². The smallest absolute Gasteiger partial charge is 0.128 e.